The maximum atomic E-state index is 11.7. The third-order valence-electron chi connectivity index (χ3n) is 3.20. The van der Waals surface area contributed by atoms with Crippen LogP contribution in [0, 0.1) is 5.41 Å². The smallest absolute Gasteiger partial charge is 0.239 e. The maximum Gasteiger partial charge on any atom is 0.239 e. The number of aliphatic hydroxyl groups is 1. The van der Waals surface area contributed by atoms with Crippen molar-refractivity contribution in [3.05, 3.63) is 0 Å². The van der Waals surface area contributed by atoms with Crippen molar-refractivity contribution in [2.24, 2.45) is 11.1 Å². The van der Waals surface area contributed by atoms with Crippen molar-refractivity contribution >= 4 is 5.91 Å². The van der Waals surface area contributed by atoms with Gasteiger partial charge in [0.05, 0.1) is 12.1 Å². The monoisotopic (exact) mass is 214 g/mol. The van der Waals surface area contributed by atoms with Gasteiger partial charge in [-0.15, -0.1) is 0 Å². The molecule has 15 heavy (non-hydrogen) atoms. The molecule has 88 valence electrons. The first-order valence-corrected chi connectivity index (χ1v) is 5.64. The van der Waals surface area contributed by atoms with Crippen LogP contribution in [0.3, 0.4) is 0 Å². The first-order chi connectivity index (χ1) is 6.96. The Bertz CT molecular complexity index is 235. The molecule has 1 unspecified atom stereocenters. The molecule has 4 N–H and O–H groups in total. The minimum atomic E-state index is -0.777. The van der Waals surface area contributed by atoms with Crippen LogP contribution in [-0.2, 0) is 4.79 Å². The first kappa shape index (κ1) is 12.5. The number of nitrogens with one attached hydrogen (secondary N) is 1. The molecule has 0 radical (unpaired) electrons. The summed E-state index contributed by atoms with van der Waals surface area (Å²) in [5, 5.41) is 11.9. The zero-order chi connectivity index (χ0) is 11.5. The SMILES string of the molecule is CCCC(C)(N)C(=O)NCC1(CO)CC1. The van der Waals surface area contributed by atoms with E-state index >= 15 is 0 Å². The van der Waals surface area contributed by atoms with Crippen molar-refractivity contribution in [2.75, 3.05) is 13.2 Å². The number of nitrogens with two attached hydrogens (primary N) is 1. The number of rotatable bonds is 6. The van der Waals surface area contributed by atoms with Gasteiger partial charge in [0.15, 0.2) is 0 Å². The molecule has 0 aliphatic heterocycles. The molecule has 0 saturated heterocycles. The van der Waals surface area contributed by atoms with Crippen LogP contribution in [0.25, 0.3) is 0 Å². The number of hydrogen-bond acceptors (Lipinski definition) is 3. The Morgan fingerprint density at radius 3 is 2.60 bits per heavy atom. The molecular weight excluding hydrogens is 192 g/mol. The number of hydrogen-bond donors (Lipinski definition) is 3. The van der Waals surface area contributed by atoms with Gasteiger partial charge in [-0.05, 0) is 26.2 Å². The Hall–Kier alpha value is -0.610. The van der Waals surface area contributed by atoms with Crippen molar-refractivity contribution in [1.29, 1.82) is 0 Å². The zero-order valence-corrected chi connectivity index (χ0v) is 9.68. The summed E-state index contributed by atoms with van der Waals surface area (Å²) in [6, 6.07) is 0. The van der Waals surface area contributed by atoms with Crippen LogP contribution in [0.2, 0.25) is 0 Å². The molecule has 1 aliphatic carbocycles. The molecule has 4 nitrogen and oxygen atoms in total. The Morgan fingerprint density at radius 1 is 1.60 bits per heavy atom. The predicted molar refractivity (Wildman–Crippen MR) is 59.3 cm³/mol. The second-order valence-electron chi connectivity index (χ2n) is 5.01. The van der Waals surface area contributed by atoms with Crippen LogP contribution < -0.4 is 11.1 Å². The van der Waals surface area contributed by atoms with Gasteiger partial charge in [0.2, 0.25) is 5.91 Å². The Balaban J connectivity index is 2.35. The lowest BCUT2D eigenvalue weighted by molar-refractivity contribution is -0.126. The topological polar surface area (TPSA) is 75.4 Å². The van der Waals surface area contributed by atoms with Gasteiger partial charge < -0.3 is 16.2 Å². The van der Waals surface area contributed by atoms with E-state index in [-0.39, 0.29) is 17.9 Å². The molecule has 1 aliphatic rings. The van der Waals surface area contributed by atoms with E-state index in [2.05, 4.69) is 5.32 Å². The Morgan fingerprint density at radius 2 is 2.20 bits per heavy atom. The molecule has 1 atom stereocenters. The van der Waals surface area contributed by atoms with Crippen LogP contribution >= 0.6 is 0 Å². The van der Waals surface area contributed by atoms with Crippen molar-refractivity contribution < 1.29 is 9.90 Å². The van der Waals surface area contributed by atoms with Gasteiger partial charge in [0.1, 0.15) is 0 Å². The van der Waals surface area contributed by atoms with Crippen LogP contribution in [0.15, 0.2) is 0 Å². The van der Waals surface area contributed by atoms with Gasteiger partial charge in [0.25, 0.3) is 0 Å². The lowest BCUT2D eigenvalue weighted by Gasteiger charge is -2.24. The first-order valence-electron chi connectivity index (χ1n) is 5.64. The van der Waals surface area contributed by atoms with Crippen molar-refractivity contribution in [1.82, 2.24) is 5.32 Å². The van der Waals surface area contributed by atoms with Gasteiger partial charge in [0, 0.05) is 12.0 Å². The zero-order valence-electron chi connectivity index (χ0n) is 9.68. The second-order valence-corrected chi connectivity index (χ2v) is 5.01. The summed E-state index contributed by atoms with van der Waals surface area (Å²) >= 11 is 0. The van der Waals surface area contributed by atoms with Gasteiger partial charge in [-0.25, -0.2) is 0 Å². The predicted octanol–water partition coefficient (Wildman–Crippen LogP) is 0.393. The van der Waals surface area contributed by atoms with Gasteiger partial charge in [-0.3, -0.25) is 4.79 Å². The fourth-order valence-electron chi connectivity index (χ4n) is 1.67. The Labute approximate surface area is 91.2 Å². The van der Waals surface area contributed by atoms with Gasteiger partial charge in [-0.1, -0.05) is 13.3 Å². The average Bonchev–Trinajstić information content (AvgIpc) is 2.95. The highest BCUT2D eigenvalue weighted by Gasteiger charge is 2.42. The van der Waals surface area contributed by atoms with Crippen molar-refractivity contribution in [3.8, 4) is 0 Å². The van der Waals surface area contributed by atoms with E-state index in [0.29, 0.717) is 13.0 Å². The molecule has 1 saturated carbocycles. The highest BCUT2D eigenvalue weighted by atomic mass is 16.3. The average molecular weight is 214 g/mol. The molecule has 0 spiro atoms. The van der Waals surface area contributed by atoms with Crippen LogP contribution in [-0.4, -0.2) is 29.7 Å². The van der Waals surface area contributed by atoms with E-state index in [9.17, 15) is 4.79 Å². The summed E-state index contributed by atoms with van der Waals surface area (Å²) in [7, 11) is 0. The molecule has 4 heteroatoms. The molecule has 0 aromatic rings. The summed E-state index contributed by atoms with van der Waals surface area (Å²) in [5.41, 5.74) is 5.07. The summed E-state index contributed by atoms with van der Waals surface area (Å²) in [4.78, 5) is 11.7. The van der Waals surface area contributed by atoms with Gasteiger partial charge >= 0.3 is 0 Å². The Kier molecular flexibility index (Phi) is 3.73. The highest BCUT2D eigenvalue weighted by molar-refractivity contribution is 5.85. The van der Waals surface area contributed by atoms with Crippen LogP contribution in [0.4, 0.5) is 0 Å². The minimum absolute atomic E-state index is 0.0437. The van der Waals surface area contributed by atoms with Crippen molar-refractivity contribution in [2.45, 2.75) is 45.1 Å². The van der Waals surface area contributed by atoms with Crippen LogP contribution in [0.5, 0.6) is 0 Å². The van der Waals surface area contributed by atoms with Crippen LogP contribution in [0.1, 0.15) is 39.5 Å². The fourth-order valence-corrected chi connectivity index (χ4v) is 1.67. The molecule has 1 amide bonds. The third-order valence-corrected chi connectivity index (χ3v) is 3.20. The minimum Gasteiger partial charge on any atom is -0.396 e. The molecule has 1 fully saturated rings. The van der Waals surface area contributed by atoms with E-state index < -0.39 is 5.54 Å². The largest absolute Gasteiger partial charge is 0.396 e. The number of carbonyl (C=O) groups excluding carboxylic acids is 1. The molecular formula is C11H22N2O2. The van der Waals surface area contributed by atoms with E-state index in [1.165, 1.54) is 0 Å². The summed E-state index contributed by atoms with van der Waals surface area (Å²) in [6.07, 6.45) is 3.58. The summed E-state index contributed by atoms with van der Waals surface area (Å²) in [6.45, 7) is 4.47. The van der Waals surface area contributed by atoms with E-state index in [4.69, 9.17) is 10.8 Å². The number of amides is 1. The molecule has 0 aromatic carbocycles. The summed E-state index contributed by atoms with van der Waals surface area (Å²) < 4.78 is 0. The highest BCUT2D eigenvalue weighted by Crippen LogP contribution is 2.44. The fraction of sp³-hybridized carbons (Fsp3) is 0.909. The third kappa shape index (κ3) is 3.18. The lowest BCUT2D eigenvalue weighted by Crippen LogP contribution is -2.52. The molecule has 0 bridgehead atoms. The number of aliphatic hydroxyl groups excluding tert-OH is 1. The summed E-state index contributed by atoms with van der Waals surface area (Å²) in [5.74, 6) is -0.107. The quantitative estimate of drug-likeness (QED) is 0.599. The number of carbonyl (C=O) groups is 1. The normalized spacial score (nSPS) is 21.9. The molecule has 0 aromatic heterocycles. The standard InChI is InChI=1S/C11H22N2O2/c1-3-4-10(2,12)9(15)13-7-11(8-14)5-6-11/h14H,3-8,12H2,1-2H3,(H,13,15). The lowest BCUT2D eigenvalue weighted by atomic mass is 9.96. The maximum absolute atomic E-state index is 11.7. The second kappa shape index (κ2) is 4.49. The molecule has 1 rings (SSSR count). The van der Waals surface area contributed by atoms with E-state index in [1.54, 1.807) is 6.92 Å². The van der Waals surface area contributed by atoms with E-state index in [0.717, 1.165) is 19.3 Å². The van der Waals surface area contributed by atoms with E-state index in [1.807, 2.05) is 6.92 Å². The molecule has 0 heterocycles. The van der Waals surface area contributed by atoms with Crippen molar-refractivity contribution in [3.63, 3.8) is 0 Å². The van der Waals surface area contributed by atoms with Gasteiger partial charge in [-0.2, -0.15) is 0 Å².